The third kappa shape index (κ3) is 3.62. The number of anilines is 1. The highest BCUT2D eigenvalue weighted by atomic mass is 35.5. The summed E-state index contributed by atoms with van der Waals surface area (Å²) in [6.45, 7) is 2.88. The average Bonchev–Trinajstić information content (AvgIpc) is 2.32. The van der Waals surface area contributed by atoms with Gasteiger partial charge in [-0.3, -0.25) is 0 Å². The number of nitrogens with zero attached hydrogens (tertiary/aromatic N) is 1. The van der Waals surface area contributed by atoms with Gasteiger partial charge in [-0.1, -0.05) is 53.0 Å². The lowest BCUT2D eigenvalue weighted by atomic mass is 10.1. The molecule has 0 amide bonds. The number of aromatic nitrogens is 1. The van der Waals surface area contributed by atoms with Crippen LogP contribution >= 0.6 is 23.2 Å². The normalized spacial score (nSPS) is 10.4. The molecule has 2 rings (SSSR count). The predicted octanol–water partition coefficient (Wildman–Crippen LogP) is 4.35. The van der Waals surface area contributed by atoms with Crippen molar-refractivity contribution in [2.24, 2.45) is 0 Å². The third-order valence-electron chi connectivity index (χ3n) is 2.60. The summed E-state index contributed by atoms with van der Waals surface area (Å²) in [4.78, 5) is 4.15. The first-order valence-electron chi connectivity index (χ1n) is 5.75. The lowest BCUT2D eigenvalue weighted by molar-refractivity contribution is 1.00. The van der Waals surface area contributed by atoms with Crippen molar-refractivity contribution in [1.82, 2.24) is 4.98 Å². The summed E-state index contributed by atoms with van der Waals surface area (Å²) in [5, 5.41) is 4.30. The van der Waals surface area contributed by atoms with E-state index in [4.69, 9.17) is 23.2 Å². The van der Waals surface area contributed by atoms with Crippen LogP contribution in [0.4, 0.5) is 5.82 Å². The van der Waals surface area contributed by atoms with Gasteiger partial charge in [-0.15, -0.1) is 0 Å². The zero-order valence-electron chi connectivity index (χ0n) is 10.1. The summed E-state index contributed by atoms with van der Waals surface area (Å²) in [6, 6.07) is 10.1. The molecule has 0 saturated carbocycles. The predicted molar refractivity (Wildman–Crippen MR) is 77.6 cm³/mol. The Morgan fingerprint density at radius 1 is 1.22 bits per heavy atom. The Hall–Kier alpha value is -1.25. The van der Waals surface area contributed by atoms with Crippen LogP contribution in [0.5, 0.6) is 0 Å². The number of benzene rings is 1. The van der Waals surface area contributed by atoms with Gasteiger partial charge in [0.05, 0.1) is 10.0 Å². The van der Waals surface area contributed by atoms with E-state index in [1.807, 2.05) is 0 Å². The molecule has 1 heterocycles. The molecule has 0 unspecified atom stereocenters. The zero-order chi connectivity index (χ0) is 13.0. The summed E-state index contributed by atoms with van der Waals surface area (Å²) < 4.78 is 0. The van der Waals surface area contributed by atoms with Gasteiger partial charge in [0.2, 0.25) is 0 Å². The standard InChI is InChI=1S/C14H14Cl2N2/c1-10-3-2-4-11(7-10)5-6-17-14-13(16)8-12(15)9-18-14/h2-4,7-9H,5-6H2,1H3,(H,17,18). The molecular weight excluding hydrogens is 267 g/mol. The van der Waals surface area contributed by atoms with Crippen LogP contribution in [-0.4, -0.2) is 11.5 Å². The van der Waals surface area contributed by atoms with Crippen molar-refractivity contribution in [2.75, 3.05) is 11.9 Å². The minimum absolute atomic E-state index is 0.546. The monoisotopic (exact) mass is 280 g/mol. The highest BCUT2D eigenvalue weighted by Gasteiger charge is 2.02. The van der Waals surface area contributed by atoms with E-state index in [-0.39, 0.29) is 0 Å². The van der Waals surface area contributed by atoms with Gasteiger partial charge in [-0.2, -0.15) is 0 Å². The summed E-state index contributed by atoms with van der Waals surface area (Å²) in [5.74, 6) is 0.675. The SMILES string of the molecule is Cc1cccc(CCNc2ncc(Cl)cc2Cl)c1. The quantitative estimate of drug-likeness (QED) is 0.901. The number of pyridine rings is 1. The number of hydrogen-bond donors (Lipinski definition) is 1. The first-order valence-corrected chi connectivity index (χ1v) is 6.51. The summed E-state index contributed by atoms with van der Waals surface area (Å²) in [6.07, 6.45) is 2.52. The highest BCUT2D eigenvalue weighted by molar-refractivity contribution is 6.35. The summed E-state index contributed by atoms with van der Waals surface area (Å²) in [5.41, 5.74) is 2.57. The average molecular weight is 281 g/mol. The molecule has 0 spiro atoms. The molecular formula is C14H14Cl2N2. The van der Waals surface area contributed by atoms with Gasteiger partial charge >= 0.3 is 0 Å². The second-order valence-corrected chi connectivity index (χ2v) is 4.99. The first kappa shape index (κ1) is 13.2. The second kappa shape index (κ2) is 6.07. The number of hydrogen-bond acceptors (Lipinski definition) is 2. The van der Waals surface area contributed by atoms with E-state index in [0.717, 1.165) is 13.0 Å². The van der Waals surface area contributed by atoms with Gasteiger partial charge in [0, 0.05) is 12.7 Å². The summed E-state index contributed by atoms with van der Waals surface area (Å²) in [7, 11) is 0. The maximum atomic E-state index is 6.03. The Morgan fingerprint density at radius 2 is 2.06 bits per heavy atom. The molecule has 0 saturated heterocycles. The van der Waals surface area contributed by atoms with Crippen LogP contribution in [-0.2, 0) is 6.42 Å². The van der Waals surface area contributed by atoms with E-state index >= 15 is 0 Å². The molecule has 0 aliphatic rings. The molecule has 1 N–H and O–H groups in total. The zero-order valence-corrected chi connectivity index (χ0v) is 11.6. The second-order valence-electron chi connectivity index (χ2n) is 4.15. The van der Waals surface area contributed by atoms with E-state index in [1.165, 1.54) is 11.1 Å². The molecule has 0 aliphatic heterocycles. The van der Waals surface area contributed by atoms with Crippen molar-refractivity contribution >= 4 is 29.0 Å². The molecule has 0 aliphatic carbocycles. The Morgan fingerprint density at radius 3 is 2.78 bits per heavy atom. The number of halogens is 2. The van der Waals surface area contributed by atoms with Gasteiger partial charge in [-0.05, 0) is 25.0 Å². The van der Waals surface area contributed by atoms with Crippen LogP contribution in [0.3, 0.4) is 0 Å². The van der Waals surface area contributed by atoms with Crippen LogP contribution in [0.25, 0.3) is 0 Å². The van der Waals surface area contributed by atoms with Crippen molar-refractivity contribution < 1.29 is 0 Å². The van der Waals surface area contributed by atoms with Crippen molar-refractivity contribution in [2.45, 2.75) is 13.3 Å². The topological polar surface area (TPSA) is 24.9 Å². The van der Waals surface area contributed by atoms with Crippen molar-refractivity contribution in [3.05, 3.63) is 57.7 Å². The molecule has 0 atom stereocenters. The molecule has 0 fully saturated rings. The van der Waals surface area contributed by atoms with Crippen LogP contribution in [0, 0.1) is 6.92 Å². The molecule has 1 aromatic carbocycles. The van der Waals surface area contributed by atoms with Crippen LogP contribution < -0.4 is 5.32 Å². The third-order valence-corrected chi connectivity index (χ3v) is 3.09. The molecule has 1 aromatic heterocycles. The van der Waals surface area contributed by atoms with E-state index in [2.05, 4.69) is 41.5 Å². The number of nitrogens with one attached hydrogen (secondary N) is 1. The smallest absolute Gasteiger partial charge is 0.144 e. The largest absolute Gasteiger partial charge is 0.369 e. The van der Waals surface area contributed by atoms with Crippen molar-refractivity contribution in [1.29, 1.82) is 0 Å². The van der Waals surface area contributed by atoms with Crippen LogP contribution in [0.15, 0.2) is 36.5 Å². The van der Waals surface area contributed by atoms with Crippen molar-refractivity contribution in [3.8, 4) is 0 Å². The van der Waals surface area contributed by atoms with Crippen LogP contribution in [0.1, 0.15) is 11.1 Å². The van der Waals surface area contributed by atoms with E-state index in [9.17, 15) is 0 Å². The molecule has 18 heavy (non-hydrogen) atoms. The number of rotatable bonds is 4. The molecule has 94 valence electrons. The molecule has 0 radical (unpaired) electrons. The van der Waals surface area contributed by atoms with Gasteiger partial charge in [0.1, 0.15) is 5.82 Å². The fourth-order valence-corrected chi connectivity index (χ4v) is 2.18. The maximum Gasteiger partial charge on any atom is 0.144 e. The van der Waals surface area contributed by atoms with Crippen LogP contribution in [0.2, 0.25) is 10.0 Å². The van der Waals surface area contributed by atoms with E-state index < -0.39 is 0 Å². The molecule has 2 aromatic rings. The Kier molecular flexibility index (Phi) is 4.45. The lowest BCUT2D eigenvalue weighted by Gasteiger charge is -2.08. The molecule has 2 nitrogen and oxygen atoms in total. The van der Waals surface area contributed by atoms with Gasteiger partial charge < -0.3 is 5.32 Å². The molecule has 0 bridgehead atoms. The van der Waals surface area contributed by atoms with Gasteiger partial charge in [-0.25, -0.2) is 4.98 Å². The first-order chi connectivity index (χ1) is 8.65. The van der Waals surface area contributed by atoms with Gasteiger partial charge in [0.15, 0.2) is 0 Å². The fourth-order valence-electron chi connectivity index (χ4n) is 1.74. The Bertz CT molecular complexity index is 541. The highest BCUT2D eigenvalue weighted by Crippen LogP contribution is 2.22. The minimum Gasteiger partial charge on any atom is -0.369 e. The Balaban J connectivity index is 1.92. The number of aryl methyl sites for hydroxylation is 1. The Labute approximate surface area is 117 Å². The van der Waals surface area contributed by atoms with Gasteiger partial charge in [0.25, 0.3) is 0 Å². The van der Waals surface area contributed by atoms with E-state index in [1.54, 1.807) is 12.3 Å². The summed E-state index contributed by atoms with van der Waals surface area (Å²) >= 11 is 11.8. The lowest BCUT2D eigenvalue weighted by Crippen LogP contribution is -2.06. The maximum absolute atomic E-state index is 6.03. The fraction of sp³-hybridized carbons (Fsp3) is 0.214. The minimum atomic E-state index is 0.546. The molecule has 4 heteroatoms. The van der Waals surface area contributed by atoms with Crippen molar-refractivity contribution in [3.63, 3.8) is 0 Å². The van der Waals surface area contributed by atoms with E-state index in [0.29, 0.717) is 15.9 Å².